The second-order valence-electron chi connectivity index (χ2n) is 5.84. The predicted octanol–water partition coefficient (Wildman–Crippen LogP) is -0.714. The molecule has 1 aliphatic heterocycles. The smallest absolute Gasteiger partial charge is 0.275 e. The molecule has 0 radical (unpaired) electrons. The van der Waals surface area contributed by atoms with Gasteiger partial charge in [0.1, 0.15) is 17.5 Å². The minimum atomic E-state index is -0.201. The average Bonchev–Trinajstić information content (AvgIpc) is 3.06. The number of benzene rings is 1. The number of likely N-dealkylation sites (tertiary alicyclic amines) is 1. The van der Waals surface area contributed by atoms with Gasteiger partial charge in [0.2, 0.25) is 5.91 Å². The molecule has 1 unspecified atom stereocenters. The van der Waals surface area contributed by atoms with E-state index in [0.29, 0.717) is 6.54 Å². The van der Waals surface area contributed by atoms with Gasteiger partial charge in [0.25, 0.3) is 5.91 Å². The van der Waals surface area contributed by atoms with Gasteiger partial charge in [-0.3, -0.25) is 9.59 Å². The molecule has 1 saturated heterocycles. The third-order valence-electron chi connectivity index (χ3n) is 4.41. The van der Waals surface area contributed by atoms with Crippen LogP contribution in [0.4, 0.5) is 0 Å². The van der Waals surface area contributed by atoms with Crippen LogP contribution in [0.1, 0.15) is 24.4 Å². The Morgan fingerprint density at radius 2 is 2.04 bits per heavy atom. The number of carbonyl (C=O) groups is 2. The summed E-state index contributed by atoms with van der Waals surface area (Å²) in [4.78, 5) is 24.5. The Balaban J connectivity index is 2.05. The number of carbonyl (C=O) groups excluding carboxylic acids is 2. The van der Waals surface area contributed by atoms with E-state index in [9.17, 15) is 9.59 Å². The fourth-order valence-corrected chi connectivity index (χ4v) is 3.14. The van der Waals surface area contributed by atoms with Crippen LogP contribution in [0.3, 0.4) is 0 Å². The zero-order chi connectivity index (χ0) is 17.5. The molecule has 0 spiro atoms. The molecule has 132 valence electrons. The summed E-state index contributed by atoms with van der Waals surface area (Å²) in [5, 5.41) is 5.14. The van der Waals surface area contributed by atoms with Crippen molar-refractivity contribution in [2.45, 2.75) is 18.9 Å². The van der Waals surface area contributed by atoms with Gasteiger partial charge in [-0.05, 0) is 12.1 Å². The van der Waals surface area contributed by atoms with Gasteiger partial charge < -0.3 is 25.0 Å². The second-order valence-corrected chi connectivity index (χ2v) is 5.84. The number of likely N-dealkylation sites (N-methyl/N-ethyl adjacent to an activating group) is 1. The molecular weight excluding hydrogens is 310 g/mol. The lowest BCUT2D eigenvalue weighted by molar-refractivity contribution is -0.910. The molecule has 1 aliphatic rings. The van der Waals surface area contributed by atoms with Crippen molar-refractivity contribution in [1.82, 2.24) is 10.6 Å². The summed E-state index contributed by atoms with van der Waals surface area (Å²) in [5.41, 5.74) is 1.09. The monoisotopic (exact) mass is 336 g/mol. The summed E-state index contributed by atoms with van der Waals surface area (Å²) >= 11 is 0. The van der Waals surface area contributed by atoms with E-state index in [1.54, 1.807) is 21.3 Å². The first-order valence-electron chi connectivity index (χ1n) is 8.12. The minimum absolute atomic E-state index is 0.0130. The Bertz CT molecular complexity index is 591. The standard InChI is InChI=1S/C17H25N3O4/c1-18-16(21)10-19-17(22)11-20-8-4-5-14(20)13-7-6-12(23-2)9-15(13)24-3/h6-7,9,14H,4-5,8,10-11H2,1-3H3,(H,18,21)(H,19,22)/p+1/t14-/m1/s1. The van der Waals surface area contributed by atoms with Crippen LogP contribution in [0, 0.1) is 0 Å². The summed E-state index contributed by atoms with van der Waals surface area (Å²) < 4.78 is 10.7. The van der Waals surface area contributed by atoms with Crippen molar-refractivity contribution in [2.75, 3.05) is 40.9 Å². The van der Waals surface area contributed by atoms with Crippen molar-refractivity contribution in [2.24, 2.45) is 0 Å². The van der Waals surface area contributed by atoms with Gasteiger partial charge in [0, 0.05) is 26.0 Å². The maximum atomic E-state index is 12.1. The lowest BCUT2D eigenvalue weighted by Crippen LogP contribution is -3.11. The molecular formula is C17H26N3O4+. The second kappa shape index (κ2) is 8.54. The molecule has 1 aromatic rings. The van der Waals surface area contributed by atoms with Crippen LogP contribution in [0.15, 0.2) is 18.2 Å². The number of hydrogen-bond acceptors (Lipinski definition) is 4. The molecule has 3 N–H and O–H groups in total. The number of hydrogen-bond donors (Lipinski definition) is 3. The molecule has 2 atom stereocenters. The zero-order valence-electron chi connectivity index (χ0n) is 14.5. The summed E-state index contributed by atoms with van der Waals surface area (Å²) in [6.45, 7) is 1.28. The molecule has 24 heavy (non-hydrogen) atoms. The van der Waals surface area contributed by atoms with Crippen LogP contribution in [-0.2, 0) is 9.59 Å². The Labute approximate surface area is 142 Å². The third-order valence-corrected chi connectivity index (χ3v) is 4.41. The van der Waals surface area contributed by atoms with Gasteiger partial charge >= 0.3 is 0 Å². The fraction of sp³-hybridized carbons (Fsp3) is 0.529. The lowest BCUT2D eigenvalue weighted by atomic mass is 10.0. The molecule has 7 nitrogen and oxygen atoms in total. The first-order chi connectivity index (χ1) is 11.6. The molecule has 0 bridgehead atoms. The van der Waals surface area contributed by atoms with E-state index in [2.05, 4.69) is 10.6 Å². The molecule has 2 rings (SSSR count). The SMILES string of the molecule is CNC(=O)CNC(=O)C[NH+]1CCC[C@@H]1c1ccc(OC)cc1OC. The average molecular weight is 336 g/mol. The van der Waals surface area contributed by atoms with Crippen LogP contribution < -0.4 is 25.0 Å². The number of nitrogens with one attached hydrogen (secondary N) is 3. The number of methoxy groups -OCH3 is 2. The quantitative estimate of drug-likeness (QED) is 0.614. The van der Waals surface area contributed by atoms with Crippen molar-refractivity contribution >= 4 is 11.8 Å². The van der Waals surface area contributed by atoms with Crippen LogP contribution >= 0.6 is 0 Å². The number of quaternary nitrogens is 1. The Morgan fingerprint density at radius 3 is 2.71 bits per heavy atom. The molecule has 7 heteroatoms. The number of ether oxygens (including phenoxy) is 2. The van der Waals surface area contributed by atoms with Crippen LogP contribution in [0.25, 0.3) is 0 Å². The number of rotatable bonds is 7. The van der Waals surface area contributed by atoms with Crippen molar-refractivity contribution in [3.05, 3.63) is 23.8 Å². The van der Waals surface area contributed by atoms with Gasteiger partial charge in [-0.25, -0.2) is 0 Å². The van der Waals surface area contributed by atoms with Gasteiger partial charge in [-0.2, -0.15) is 0 Å². The molecule has 0 aromatic heterocycles. The van der Waals surface area contributed by atoms with Crippen molar-refractivity contribution in [3.63, 3.8) is 0 Å². The molecule has 0 aliphatic carbocycles. The van der Waals surface area contributed by atoms with Crippen LogP contribution in [0.5, 0.6) is 11.5 Å². The van der Waals surface area contributed by atoms with E-state index < -0.39 is 0 Å². The molecule has 1 aromatic carbocycles. The van der Waals surface area contributed by atoms with Gasteiger partial charge in [0.15, 0.2) is 6.54 Å². The highest BCUT2D eigenvalue weighted by molar-refractivity contribution is 5.84. The van der Waals surface area contributed by atoms with Crippen molar-refractivity contribution in [3.8, 4) is 11.5 Å². The van der Waals surface area contributed by atoms with Crippen LogP contribution in [-0.4, -0.2) is 52.7 Å². The maximum Gasteiger partial charge on any atom is 0.275 e. The minimum Gasteiger partial charge on any atom is -0.497 e. The summed E-state index contributed by atoms with van der Waals surface area (Å²) in [6, 6.07) is 6.00. The Hall–Kier alpha value is -2.28. The van der Waals surface area contributed by atoms with E-state index in [0.717, 1.165) is 36.4 Å². The summed E-state index contributed by atoms with van der Waals surface area (Å²) in [7, 11) is 4.81. The molecule has 2 amide bonds. The highest BCUT2D eigenvalue weighted by Gasteiger charge is 2.33. The highest BCUT2D eigenvalue weighted by Crippen LogP contribution is 2.31. The van der Waals surface area contributed by atoms with Crippen molar-refractivity contribution in [1.29, 1.82) is 0 Å². The predicted molar refractivity (Wildman–Crippen MR) is 89.3 cm³/mol. The lowest BCUT2D eigenvalue weighted by Gasteiger charge is -2.23. The summed E-state index contributed by atoms with van der Waals surface area (Å²) in [5.74, 6) is 1.21. The maximum absolute atomic E-state index is 12.1. The van der Waals surface area contributed by atoms with E-state index in [1.165, 1.54) is 4.90 Å². The largest absolute Gasteiger partial charge is 0.497 e. The van der Waals surface area contributed by atoms with Gasteiger partial charge in [-0.15, -0.1) is 0 Å². The summed E-state index contributed by atoms with van der Waals surface area (Å²) in [6.07, 6.45) is 2.05. The third kappa shape index (κ3) is 4.38. The molecule has 1 fully saturated rings. The van der Waals surface area contributed by atoms with E-state index >= 15 is 0 Å². The van der Waals surface area contributed by atoms with E-state index in [-0.39, 0.29) is 24.4 Å². The van der Waals surface area contributed by atoms with Crippen molar-refractivity contribution < 1.29 is 24.0 Å². The van der Waals surface area contributed by atoms with E-state index in [1.807, 2.05) is 18.2 Å². The molecule has 0 saturated carbocycles. The first kappa shape index (κ1) is 18.1. The molecule has 1 heterocycles. The van der Waals surface area contributed by atoms with E-state index in [4.69, 9.17) is 9.47 Å². The normalized spacial score (nSPS) is 19.6. The Morgan fingerprint density at radius 1 is 1.25 bits per heavy atom. The fourth-order valence-electron chi connectivity index (χ4n) is 3.14. The Kier molecular flexibility index (Phi) is 6.43. The van der Waals surface area contributed by atoms with Gasteiger partial charge in [0.05, 0.1) is 32.9 Å². The van der Waals surface area contributed by atoms with Gasteiger partial charge in [-0.1, -0.05) is 0 Å². The number of amides is 2. The first-order valence-corrected chi connectivity index (χ1v) is 8.12. The topological polar surface area (TPSA) is 81.1 Å². The zero-order valence-corrected chi connectivity index (χ0v) is 14.5. The highest BCUT2D eigenvalue weighted by atomic mass is 16.5. The van der Waals surface area contributed by atoms with Crippen LogP contribution in [0.2, 0.25) is 0 Å².